The molecule has 1 N–H and O–H groups in total. The number of nitrogens with one attached hydrogen (secondary N) is 1. The van der Waals surface area contributed by atoms with Crippen LogP contribution in [0.1, 0.15) is 26.8 Å². The van der Waals surface area contributed by atoms with Crippen molar-refractivity contribution in [3.05, 3.63) is 47.5 Å². The van der Waals surface area contributed by atoms with Crippen molar-refractivity contribution < 1.29 is 23.3 Å². The molecule has 8 heteroatoms. The Kier molecular flexibility index (Phi) is 4.18. The van der Waals surface area contributed by atoms with E-state index < -0.39 is 5.91 Å². The largest absolute Gasteiger partial charge is 0.449 e. The van der Waals surface area contributed by atoms with Gasteiger partial charge in [-0.3, -0.25) is 9.59 Å². The fourth-order valence-electron chi connectivity index (χ4n) is 2.88. The van der Waals surface area contributed by atoms with E-state index in [0.717, 1.165) is 0 Å². The normalized spacial score (nSPS) is 14.6. The minimum atomic E-state index is -0.492. The van der Waals surface area contributed by atoms with Crippen LogP contribution in [-0.2, 0) is 4.74 Å². The highest BCUT2D eigenvalue weighted by atomic mass is 16.5. The molecule has 1 saturated heterocycles. The van der Waals surface area contributed by atoms with Crippen molar-refractivity contribution in [1.29, 1.82) is 0 Å². The first kappa shape index (κ1) is 16.3. The van der Waals surface area contributed by atoms with Gasteiger partial charge in [-0.15, -0.1) is 0 Å². The fourth-order valence-corrected chi connectivity index (χ4v) is 2.88. The van der Waals surface area contributed by atoms with Crippen molar-refractivity contribution in [3.63, 3.8) is 0 Å². The summed E-state index contributed by atoms with van der Waals surface area (Å²) in [5.41, 5.74) is 1.45. The van der Waals surface area contributed by atoms with Gasteiger partial charge in [-0.2, -0.15) is 0 Å². The topological polar surface area (TPSA) is 97.8 Å². The Morgan fingerprint density at radius 1 is 1.19 bits per heavy atom. The molecule has 26 heavy (non-hydrogen) atoms. The summed E-state index contributed by atoms with van der Waals surface area (Å²) in [5.74, 6) is -0.614. The number of aromatic nitrogens is 1. The van der Waals surface area contributed by atoms with Gasteiger partial charge in [0.1, 0.15) is 11.3 Å². The van der Waals surface area contributed by atoms with Gasteiger partial charge in [-0.25, -0.2) is 0 Å². The van der Waals surface area contributed by atoms with Crippen LogP contribution in [0.25, 0.3) is 11.0 Å². The zero-order valence-electron chi connectivity index (χ0n) is 14.2. The quantitative estimate of drug-likeness (QED) is 0.775. The molecule has 1 aliphatic heterocycles. The van der Waals surface area contributed by atoms with E-state index in [0.29, 0.717) is 48.7 Å². The fraction of sp³-hybridized carbons (Fsp3) is 0.278. The molecule has 1 fully saturated rings. The Balaban J connectivity index is 1.71. The van der Waals surface area contributed by atoms with Crippen LogP contribution in [0, 0.1) is 6.92 Å². The van der Waals surface area contributed by atoms with Gasteiger partial charge in [0.15, 0.2) is 0 Å². The number of anilines is 1. The summed E-state index contributed by atoms with van der Waals surface area (Å²) < 4.78 is 16.0. The number of ether oxygens (including phenoxy) is 1. The molecule has 0 bridgehead atoms. The predicted octanol–water partition coefficient (Wildman–Crippen LogP) is 2.45. The predicted molar refractivity (Wildman–Crippen MR) is 92.1 cm³/mol. The minimum absolute atomic E-state index is 0.0672. The smallest absolute Gasteiger partial charge is 0.294 e. The highest BCUT2D eigenvalue weighted by Gasteiger charge is 2.28. The number of hydrogen-bond acceptors (Lipinski definition) is 6. The third kappa shape index (κ3) is 2.95. The van der Waals surface area contributed by atoms with Crippen molar-refractivity contribution in [2.24, 2.45) is 0 Å². The van der Waals surface area contributed by atoms with Crippen LogP contribution in [-0.4, -0.2) is 48.2 Å². The van der Waals surface area contributed by atoms with Gasteiger partial charge in [0, 0.05) is 24.5 Å². The van der Waals surface area contributed by atoms with Gasteiger partial charge in [0.2, 0.25) is 11.5 Å². The number of aryl methyl sites for hydroxylation is 1. The Bertz CT molecular complexity index is 968. The number of carbonyl (C=O) groups is 2. The summed E-state index contributed by atoms with van der Waals surface area (Å²) >= 11 is 0. The molecule has 4 rings (SSSR count). The van der Waals surface area contributed by atoms with Crippen molar-refractivity contribution in [3.8, 4) is 0 Å². The SMILES string of the molecule is Cc1cc(C(=O)Nc2c(C(=O)N3CCOCC3)oc3ccccc23)on1. The zero-order valence-corrected chi connectivity index (χ0v) is 14.2. The molecular formula is C18H17N3O5. The summed E-state index contributed by atoms with van der Waals surface area (Å²) in [6.07, 6.45) is 0. The molecule has 8 nitrogen and oxygen atoms in total. The standard InChI is InChI=1S/C18H17N3O5/c1-11-10-14(26-20-11)17(22)19-15-12-4-2-3-5-13(12)25-16(15)18(23)21-6-8-24-9-7-21/h2-5,10H,6-9H2,1H3,(H,19,22). The van der Waals surface area contributed by atoms with Crippen LogP contribution in [0.2, 0.25) is 0 Å². The maximum atomic E-state index is 12.9. The maximum Gasteiger partial charge on any atom is 0.294 e. The molecule has 3 aromatic rings. The van der Waals surface area contributed by atoms with Crippen LogP contribution in [0.3, 0.4) is 0 Å². The van der Waals surface area contributed by atoms with E-state index >= 15 is 0 Å². The van der Waals surface area contributed by atoms with E-state index in [2.05, 4.69) is 10.5 Å². The van der Waals surface area contributed by atoms with Crippen LogP contribution in [0.5, 0.6) is 0 Å². The summed E-state index contributed by atoms with van der Waals surface area (Å²) in [6.45, 7) is 3.63. The molecule has 134 valence electrons. The van der Waals surface area contributed by atoms with E-state index in [4.69, 9.17) is 13.7 Å². The second kappa shape index (κ2) is 6.64. The lowest BCUT2D eigenvalue weighted by Crippen LogP contribution is -2.40. The van der Waals surface area contributed by atoms with E-state index in [1.165, 1.54) is 6.07 Å². The molecular weight excluding hydrogens is 338 g/mol. The number of para-hydroxylation sites is 1. The lowest BCUT2D eigenvalue weighted by molar-refractivity contribution is 0.0285. The summed E-state index contributed by atoms with van der Waals surface area (Å²) in [5, 5.41) is 7.10. The Morgan fingerprint density at radius 3 is 2.69 bits per heavy atom. The second-order valence-corrected chi connectivity index (χ2v) is 5.99. The molecule has 0 atom stereocenters. The van der Waals surface area contributed by atoms with Gasteiger partial charge < -0.3 is 23.9 Å². The average molecular weight is 355 g/mol. The zero-order chi connectivity index (χ0) is 18.1. The molecule has 2 amide bonds. The Hall–Kier alpha value is -3.13. The lowest BCUT2D eigenvalue weighted by atomic mass is 10.2. The number of amides is 2. The maximum absolute atomic E-state index is 12.9. The van der Waals surface area contributed by atoms with Crippen molar-refractivity contribution in [2.75, 3.05) is 31.6 Å². The van der Waals surface area contributed by atoms with Gasteiger partial charge in [0.25, 0.3) is 11.8 Å². The highest BCUT2D eigenvalue weighted by Crippen LogP contribution is 2.32. The highest BCUT2D eigenvalue weighted by molar-refractivity contribution is 6.13. The molecule has 2 aromatic heterocycles. The number of hydrogen-bond donors (Lipinski definition) is 1. The van der Waals surface area contributed by atoms with Crippen LogP contribution in [0.15, 0.2) is 39.3 Å². The van der Waals surface area contributed by atoms with Gasteiger partial charge in [0.05, 0.1) is 18.9 Å². The molecule has 1 aliphatic rings. The third-order valence-electron chi connectivity index (χ3n) is 4.18. The molecule has 3 heterocycles. The van der Waals surface area contributed by atoms with E-state index in [1.807, 2.05) is 6.07 Å². The first-order chi connectivity index (χ1) is 12.6. The number of nitrogens with zero attached hydrogens (tertiary/aromatic N) is 2. The number of morpholine rings is 1. The van der Waals surface area contributed by atoms with Gasteiger partial charge in [-0.05, 0) is 19.1 Å². The number of benzene rings is 1. The van der Waals surface area contributed by atoms with E-state index in [9.17, 15) is 9.59 Å². The molecule has 0 saturated carbocycles. The van der Waals surface area contributed by atoms with E-state index in [-0.39, 0.29) is 17.4 Å². The van der Waals surface area contributed by atoms with Crippen molar-refractivity contribution >= 4 is 28.5 Å². The molecule has 0 unspecified atom stereocenters. The molecule has 0 spiro atoms. The van der Waals surface area contributed by atoms with Crippen molar-refractivity contribution in [2.45, 2.75) is 6.92 Å². The number of carbonyl (C=O) groups excluding carboxylic acids is 2. The Labute approximate surface area is 148 Å². The van der Waals surface area contributed by atoms with Gasteiger partial charge in [-0.1, -0.05) is 17.3 Å². The van der Waals surface area contributed by atoms with Crippen LogP contribution in [0.4, 0.5) is 5.69 Å². The number of rotatable bonds is 3. The molecule has 0 aliphatic carbocycles. The Morgan fingerprint density at radius 2 is 1.96 bits per heavy atom. The third-order valence-corrected chi connectivity index (χ3v) is 4.18. The number of furan rings is 1. The first-order valence-corrected chi connectivity index (χ1v) is 8.26. The summed E-state index contributed by atoms with van der Waals surface area (Å²) in [7, 11) is 0. The average Bonchev–Trinajstić information content (AvgIpc) is 3.26. The van der Waals surface area contributed by atoms with Gasteiger partial charge >= 0.3 is 0 Å². The monoisotopic (exact) mass is 355 g/mol. The lowest BCUT2D eigenvalue weighted by Gasteiger charge is -2.26. The number of fused-ring (bicyclic) bond motifs is 1. The van der Waals surface area contributed by atoms with Crippen molar-refractivity contribution in [1.82, 2.24) is 10.1 Å². The molecule has 0 radical (unpaired) electrons. The summed E-state index contributed by atoms with van der Waals surface area (Å²) in [4.78, 5) is 27.0. The summed E-state index contributed by atoms with van der Waals surface area (Å²) in [6, 6.07) is 8.69. The first-order valence-electron chi connectivity index (χ1n) is 8.26. The van der Waals surface area contributed by atoms with E-state index in [1.54, 1.807) is 30.0 Å². The van der Waals surface area contributed by atoms with Crippen LogP contribution >= 0.6 is 0 Å². The second-order valence-electron chi connectivity index (χ2n) is 5.99. The minimum Gasteiger partial charge on any atom is -0.449 e. The molecule has 1 aromatic carbocycles. The van der Waals surface area contributed by atoms with Crippen LogP contribution < -0.4 is 5.32 Å².